The third kappa shape index (κ3) is 3.26. The fourth-order valence-corrected chi connectivity index (χ4v) is 8.50. The fourth-order valence-electron chi connectivity index (χ4n) is 8.50. The number of carbonyl (C=O) groups is 1. The minimum Gasteiger partial charge on any atom is -0.459 e. The summed E-state index contributed by atoms with van der Waals surface area (Å²) < 4.78 is 5.95. The van der Waals surface area contributed by atoms with Gasteiger partial charge in [-0.05, 0) is 125 Å². The van der Waals surface area contributed by atoms with Crippen LogP contribution in [-0.4, -0.2) is 12.1 Å². The minimum absolute atomic E-state index is 0.130. The molecule has 0 aromatic heterocycles. The van der Waals surface area contributed by atoms with Crippen LogP contribution in [0.4, 0.5) is 0 Å². The van der Waals surface area contributed by atoms with E-state index in [9.17, 15) is 4.79 Å². The summed E-state index contributed by atoms with van der Waals surface area (Å²) in [6.45, 7) is 0. The summed E-state index contributed by atoms with van der Waals surface area (Å²) in [5.41, 5.74) is 4.58. The Hall–Kier alpha value is -1.57. The molecule has 0 N–H and O–H groups in total. The molecule has 160 valence electrons. The van der Waals surface area contributed by atoms with Gasteiger partial charge in [-0.1, -0.05) is 29.3 Å². The summed E-state index contributed by atoms with van der Waals surface area (Å²) in [5, 5.41) is 0. The SMILES string of the molecule is O=C(OC1CCC2C(CCC3C4CCC5CCCC5=C4CCC23)C1)c1ccccc1. The molecule has 4 fully saturated rings. The first kappa shape index (κ1) is 19.1. The molecule has 7 unspecified atom stereocenters. The van der Waals surface area contributed by atoms with Crippen LogP contribution in [0.3, 0.4) is 0 Å². The molecule has 4 saturated carbocycles. The lowest BCUT2D eigenvalue weighted by molar-refractivity contribution is -0.0401. The third-order valence-electron chi connectivity index (χ3n) is 9.69. The smallest absolute Gasteiger partial charge is 0.338 e. The zero-order valence-electron chi connectivity index (χ0n) is 18.2. The average molecular weight is 405 g/mol. The number of ether oxygens (including phenoxy) is 1. The first-order valence-corrected chi connectivity index (χ1v) is 12.8. The number of esters is 1. The van der Waals surface area contributed by atoms with E-state index in [1.165, 1.54) is 64.2 Å². The van der Waals surface area contributed by atoms with E-state index in [1.807, 2.05) is 41.5 Å². The van der Waals surface area contributed by atoms with Gasteiger partial charge in [-0.2, -0.15) is 0 Å². The number of carbonyl (C=O) groups excluding carboxylic acids is 1. The second kappa shape index (κ2) is 7.84. The van der Waals surface area contributed by atoms with Gasteiger partial charge in [0.2, 0.25) is 0 Å². The van der Waals surface area contributed by atoms with Crippen LogP contribution in [0.5, 0.6) is 0 Å². The molecule has 5 aliphatic rings. The molecule has 30 heavy (non-hydrogen) atoms. The maximum absolute atomic E-state index is 12.5. The van der Waals surface area contributed by atoms with Crippen molar-refractivity contribution in [3.05, 3.63) is 47.0 Å². The summed E-state index contributed by atoms with van der Waals surface area (Å²) in [4.78, 5) is 12.5. The third-order valence-corrected chi connectivity index (χ3v) is 9.69. The van der Waals surface area contributed by atoms with Crippen LogP contribution >= 0.6 is 0 Å². The van der Waals surface area contributed by atoms with Gasteiger partial charge in [0.25, 0.3) is 0 Å². The van der Waals surface area contributed by atoms with Crippen molar-refractivity contribution < 1.29 is 9.53 Å². The minimum atomic E-state index is -0.130. The summed E-state index contributed by atoms with van der Waals surface area (Å²) >= 11 is 0. The van der Waals surface area contributed by atoms with E-state index < -0.39 is 0 Å². The predicted octanol–water partition coefficient (Wildman–Crippen LogP) is 6.96. The van der Waals surface area contributed by atoms with Crippen molar-refractivity contribution in [1.29, 1.82) is 0 Å². The van der Waals surface area contributed by atoms with Gasteiger partial charge in [-0.15, -0.1) is 0 Å². The van der Waals surface area contributed by atoms with Gasteiger partial charge < -0.3 is 4.74 Å². The highest BCUT2D eigenvalue weighted by molar-refractivity contribution is 5.89. The molecule has 0 heterocycles. The van der Waals surface area contributed by atoms with E-state index in [1.54, 1.807) is 0 Å². The van der Waals surface area contributed by atoms with Crippen molar-refractivity contribution in [3.8, 4) is 0 Å². The van der Waals surface area contributed by atoms with E-state index in [-0.39, 0.29) is 12.1 Å². The maximum atomic E-state index is 12.5. The summed E-state index contributed by atoms with van der Waals surface area (Å²) in [7, 11) is 0. The molecule has 0 spiro atoms. The fraction of sp³-hybridized carbons (Fsp3) is 0.679. The number of benzene rings is 1. The number of hydrogen-bond donors (Lipinski definition) is 0. The topological polar surface area (TPSA) is 26.3 Å². The van der Waals surface area contributed by atoms with Crippen LogP contribution in [0.2, 0.25) is 0 Å². The lowest BCUT2D eigenvalue weighted by Crippen LogP contribution is -2.45. The average Bonchev–Trinajstić information content (AvgIpc) is 3.28. The molecule has 1 aromatic rings. The molecule has 5 aliphatic carbocycles. The molecule has 0 bridgehead atoms. The van der Waals surface area contributed by atoms with Gasteiger partial charge in [-0.3, -0.25) is 0 Å². The van der Waals surface area contributed by atoms with Crippen LogP contribution in [0.25, 0.3) is 0 Å². The molecule has 2 heteroatoms. The van der Waals surface area contributed by atoms with Crippen molar-refractivity contribution in [2.45, 2.75) is 83.2 Å². The first-order chi connectivity index (χ1) is 14.8. The standard InChI is InChI=1S/C28H36O2/c29-28(19-5-2-1-3-6-19)30-21-11-14-23-20(17-21)10-13-27-25(23)16-15-24-22-8-4-7-18(22)9-12-26(24)27/h1-3,5-6,18,20-21,23,25-27H,4,7-17H2. The van der Waals surface area contributed by atoms with E-state index in [0.717, 1.165) is 48.3 Å². The second-order valence-electron chi connectivity index (χ2n) is 10.9. The number of hydrogen-bond acceptors (Lipinski definition) is 2. The molecule has 0 aliphatic heterocycles. The molecule has 1 aromatic carbocycles. The van der Waals surface area contributed by atoms with Crippen LogP contribution in [-0.2, 0) is 4.74 Å². The van der Waals surface area contributed by atoms with Crippen LogP contribution < -0.4 is 0 Å². The highest BCUT2D eigenvalue weighted by Crippen LogP contribution is 2.59. The Labute approximate surface area is 181 Å². The number of allylic oxidation sites excluding steroid dienone is 2. The largest absolute Gasteiger partial charge is 0.459 e. The Morgan fingerprint density at radius 1 is 0.767 bits per heavy atom. The monoisotopic (exact) mass is 404 g/mol. The zero-order chi connectivity index (χ0) is 20.1. The second-order valence-corrected chi connectivity index (χ2v) is 10.9. The summed E-state index contributed by atoms with van der Waals surface area (Å²) in [6, 6.07) is 9.52. The van der Waals surface area contributed by atoms with Gasteiger partial charge in [0.15, 0.2) is 0 Å². The van der Waals surface area contributed by atoms with Crippen LogP contribution in [0.1, 0.15) is 87.4 Å². The van der Waals surface area contributed by atoms with Crippen molar-refractivity contribution in [1.82, 2.24) is 0 Å². The highest BCUT2D eigenvalue weighted by atomic mass is 16.5. The van der Waals surface area contributed by atoms with Crippen LogP contribution in [0, 0.1) is 35.5 Å². The van der Waals surface area contributed by atoms with Gasteiger partial charge in [-0.25, -0.2) is 4.79 Å². The van der Waals surface area contributed by atoms with Crippen molar-refractivity contribution in [2.75, 3.05) is 0 Å². The van der Waals surface area contributed by atoms with Gasteiger partial charge >= 0.3 is 5.97 Å². The Balaban J connectivity index is 1.13. The molecular formula is C28H36O2. The van der Waals surface area contributed by atoms with Gasteiger partial charge in [0, 0.05) is 0 Å². The first-order valence-electron chi connectivity index (χ1n) is 12.8. The number of rotatable bonds is 2. The molecule has 6 rings (SSSR count). The van der Waals surface area contributed by atoms with Crippen molar-refractivity contribution >= 4 is 5.97 Å². The van der Waals surface area contributed by atoms with Crippen molar-refractivity contribution in [2.24, 2.45) is 35.5 Å². The summed E-state index contributed by atoms with van der Waals surface area (Å²) in [6.07, 6.45) is 16.6. The van der Waals surface area contributed by atoms with E-state index in [0.29, 0.717) is 5.56 Å². The maximum Gasteiger partial charge on any atom is 0.338 e. The van der Waals surface area contributed by atoms with Gasteiger partial charge in [0.1, 0.15) is 6.10 Å². The predicted molar refractivity (Wildman–Crippen MR) is 119 cm³/mol. The Morgan fingerprint density at radius 3 is 2.53 bits per heavy atom. The Morgan fingerprint density at radius 2 is 1.63 bits per heavy atom. The zero-order valence-corrected chi connectivity index (χ0v) is 18.2. The molecule has 2 nitrogen and oxygen atoms in total. The van der Waals surface area contributed by atoms with Gasteiger partial charge in [0.05, 0.1) is 5.56 Å². The van der Waals surface area contributed by atoms with E-state index >= 15 is 0 Å². The van der Waals surface area contributed by atoms with Crippen LogP contribution in [0.15, 0.2) is 41.5 Å². The number of fused-ring (bicyclic) bond motifs is 6. The molecular weight excluding hydrogens is 368 g/mol. The molecule has 0 radical (unpaired) electrons. The lowest BCUT2D eigenvalue weighted by Gasteiger charge is -2.53. The van der Waals surface area contributed by atoms with E-state index in [4.69, 9.17) is 4.74 Å². The highest BCUT2D eigenvalue weighted by Gasteiger charge is 2.49. The Bertz CT molecular complexity index is 824. The normalized spacial score (nSPS) is 40.1. The van der Waals surface area contributed by atoms with Crippen molar-refractivity contribution in [3.63, 3.8) is 0 Å². The molecule has 0 amide bonds. The quantitative estimate of drug-likeness (QED) is 0.393. The lowest BCUT2D eigenvalue weighted by atomic mass is 9.52. The van der Waals surface area contributed by atoms with E-state index in [2.05, 4.69) is 0 Å². The molecule has 0 saturated heterocycles. The Kier molecular flexibility index (Phi) is 5.00. The molecule has 7 atom stereocenters. The summed E-state index contributed by atoms with van der Waals surface area (Å²) in [5.74, 6) is 5.36.